The first-order chi connectivity index (χ1) is 9.90. The molecule has 1 amide bonds. The van der Waals surface area contributed by atoms with E-state index in [9.17, 15) is 14.9 Å². The van der Waals surface area contributed by atoms with Crippen LogP contribution in [0.5, 0.6) is 0 Å². The van der Waals surface area contributed by atoms with Gasteiger partial charge in [0.1, 0.15) is 5.69 Å². The zero-order chi connectivity index (χ0) is 16.0. The van der Waals surface area contributed by atoms with Gasteiger partial charge >= 0.3 is 0 Å². The van der Waals surface area contributed by atoms with Gasteiger partial charge in [-0.05, 0) is 25.3 Å². The minimum absolute atomic E-state index is 0.0164. The number of nitro benzene ring substituents is 1. The first-order valence-corrected chi connectivity index (χ1v) is 6.95. The van der Waals surface area contributed by atoms with E-state index in [-0.39, 0.29) is 28.9 Å². The quantitative estimate of drug-likeness (QED) is 0.406. The van der Waals surface area contributed by atoms with E-state index in [1.165, 1.54) is 18.2 Å². The maximum absolute atomic E-state index is 12.3. The minimum atomic E-state index is -0.575. The second-order valence-electron chi connectivity index (χ2n) is 5.22. The van der Waals surface area contributed by atoms with E-state index < -0.39 is 4.92 Å². The summed E-state index contributed by atoms with van der Waals surface area (Å²) in [6.45, 7) is 6.12. The molecule has 0 radical (unpaired) electrons. The van der Waals surface area contributed by atoms with Gasteiger partial charge in [-0.3, -0.25) is 20.8 Å². The van der Waals surface area contributed by atoms with E-state index in [1.807, 2.05) is 6.92 Å². The highest BCUT2D eigenvalue weighted by molar-refractivity contribution is 6.01. The Labute approximate surface area is 124 Å². The van der Waals surface area contributed by atoms with Gasteiger partial charge in [0.2, 0.25) is 0 Å². The molecule has 0 saturated carbocycles. The lowest BCUT2D eigenvalue weighted by Crippen LogP contribution is -2.34. The molecule has 0 heterocycles. The molecule has 1 rings (SSSR count). The van der Waals surface area contributed by atoms with E-state index in [0.29, 0.717) is 5.92 Å². The molecule has 2 unspecified atom stereocenters. The second kappa shape index (κ2) is 7.58. The Morgan fingerprint density at radius 3 is 2.62 bits per heavy atom. The van der Waals surface area contributed by atoms with Crippen molar-refractivity contribution in [1.29, 1.82) is 0 Å². The molecule has 7 nitrogen and oxygen atoms in total. The Bertz CT molecular complexity index is 519. The molecule has 0 aliphatic rings. The van der Waals surface area contributed by atoms with Crippen molar-refractivity contribution >= 4 is 17.3 Å². The van der Waals surface area contributed by atoms with E-state index >= 15 is 0 Å². The molecule has 0 aliphatic heterocycles. The summed E-state index contributed by atoms with van der Waals surface area (Å²) in [6, 6.07) is 4.26. The molecule has 1 aromatic rings. The molecular formula is C14H22N4O3. The van der Waals surface area contributed by atoms with Crippen LogP contribution in [-0.2, 0) is 0 Å². The van der Waals surface area contributed by atoms with Gasteiger partial charge in [0, 0.05) is 12.1 Å². The van der Waals surface area contributed by atoms with Crippen molar-refractivity contribution < 1.29 is 9.72 Å². The summed E-state index contributed by atoms with van der Waals surface area (Å²) in [5.41, 5.74) is 2.22. The molecule has 2 atom stereocenters. The van der Waals surface area contributed by atoms with Gasteiger partial charge in [0.25, 0.3) is 11.6 Å². The number of para-hydroxylation sites is 1. The Morgan fingerprint density at radius 1 is 1.43 bits per heavy atom. The number of hydrogen-bond acceptors (Lipinski definition) is 5. The standard InChI is InChI=1S/C14H22N4O3/c1-4-9(2)8-10(3)16-14(19)11-6-5-7-12(18(20)21)13(11)17-15/h5-7,9-10,17H,4,8,15H2,1-3H3,(H,16,19). The predicted octanol–water partition coefficient (Wildman–Crippen LogP) is 2.43. The van der Waals surface area contributed by atoms with Crippen LogP contribution in [0.15, 0.2) is 18.2 Å². The van der Waals surface area contributed by atoms with E-state index in [1.54, 1.807) is 0 Å². The molecule has 7 heteroatoms. The molecule has 4 N–H and O–H groups in total. The molecule has 0 bridgehead atoms. The van der Waals surface area contributed by atoms with Gasteiger partial charge < -0.3 is 10.7 Å². The Kier molecular flexibility index (Phi) is 6.10. The zero-order valence-electron chi connectivity index (χ0n) is 12.6. The lowest BCUT2D eigenvalue weighted by molar-refractivity contribution is -0.384. The Balaban J connectivity index is 2.92. The van der Waals surface area contributed by atoms with Gasteiger partial charge in [-0.1, -0.05) is 26.3 Å². The van der Waals surface area contributed by atoms with Crippen LogP contribution in [0.25, 0.3) is 0 Å². The average Bonchev–Trinajstić information content (AvgIpc) is 2.45. The first kappa shape index (κ1) is 16.9. The van der Waals surface area contributed by atoms with E-state index in [0.717, 1.165) is 12.8 Å². The molecular weight excluding hydrogens is 272 g/mol. The van der Waals surface area contributed by atoms with Gasteiger partial charge in [0.15, 0.2) is 0 Å². The molecule has 21 heavy (non-hydrogen) atoms. The summed E-state index contributed by atoms with van der Waals surface area (Å²) < 4.78 is 0. The maximum Gasteiger partial charge on any atom is 0.294 e. The fourth-order valence-electron chi connectivity index (χ4n) is 2.16. The zero-order valence-corrected chi connectivity index (χ0v) is 12.6. The van der Waals surface area contributed by atoms with Crippen molar-refractivity contribution in [2.24, 2.45) is 11.8 Å². The predicted molar refractivity (Wildman–Crippen MR) is 81.9 cm³/mol. The number of nitrogen functional groups attached to an aromatic ring is 1. The number of nitrogens with two attached hydrogens (primary N) is 1. The number of nitro groups is 1. The van der Waals surface area contributed by atoms with Crippen molar-refractivity contribution in [3.63, 3.8) is 0 Å². The number of nitrogens with one attached hydrogen (secondary N) is 2. The summed E-state index contributed by atoms with van der Waals surface area (Å²) in [4.78, 5) is 22.6. The number of hydrogen-bond donors (Lipinski definition) is 3. The fraction of sp³-hybridized carbons (Fsp3) is 0.500. The summed E-state index contributed by atoms with van der Waals surface area (Å²) in [5, 5.41) is 13.8. The van der Waals surface area contributed by atoms with Gasteiger partial charge in [-0.25, -0.2) is 0 Å². The number of carbonyl (C=O) groups is 1. The van der Waals surface area contributed by atoms with Crippen LogP contribution in [0.4, 0.5) is 11.4 Å². The van der Waals surface area contributed by atoms with Crippen molar-refractivity contribution in [2.45, 2.75) is 39.7 Å². The summed E-state index contributed by atoms with van der Waals surface area (Å²) in [7, 11) is 0. The molecule has 116 valence electrons. The van der Waals surface area contributed by atoms with Gasteiger partial charge in [-0.2, -0.15) is 0 Å². The number of rotatable bonds is 7. The number of benzene rings is 1. The molecule has 0 aliphatic carbocycles. The highest BCUT2D eigenvalue weighted by Gasteiger charge is 2.22. The number of hydrazine groups is 1. The van der Waals surface area contributed by atoms with Crippen LogP contribution in [-0.4, -0.2) is 16.9 Å². The summed E-state index contributed by atoms with van der Waals surface area (Å²) >= 11 is 0. The lowest BCUT2D eigenvalue weighted by atomic mass is 10.00. The maximum atomic E-state index is 12.3. The van der Waals surface area contributed by atoms with Crippen LogP contribution in [0, 0.1) is 16.0 Å². The van der Waals surface area contributed by atoms with Gasteiger partial charge in [-0.15, -0.1) is 0 Å². The first-order valence-electron chi connectivity index (χ1n) is 6.95. The van der Waals surface area contributed by atoms with Gasteiger partial charge in [0.05, 0.1) is 10.5 Å². The average molecular weight is 294 g/mol. The molecule has 0 fully saturated rings. The van der Waals surface area contributed by atoms with Crippen LogP contribution in [0.3, 0.4) is 0 Å². The summed E-state index contributed by atoms with van der Waals surface area (Å²) in [5.74, 6) is 5.45. The second-order valence-corrected chi connectivity index (χ2v) is 5.22. The normalized spacial score (nSPS) is 13.3. The van der Waals surface area contributed by atoms with E-state index in [4.69, 9.17) is 5.84 Å². The van der Waals surface area contributed by atoms with Crippen LogP contribution in [0.2, 0.25) is 0 Å². The molecule has 0 saturated heterocycles. The lowest BCUT2D eigenvalue weighted by Gasteiger charge is -2.18. The Hall–Kier alpha value is -2.15. The minimum Gasteiger partial charge on any atom is -0.350 e. The molecule has 1 aromatic carbocycles. The van der Waals surface area contributed by atoms with E-state index in [2.05, 4.69) is 24.6 Å². The molecule has 0 aromatic heterocycles. The third kappa shape index (κ3) is 4.42. The number of amides is 1. The Morgan fingerprint density at radius 2 is 2.10 bits per heavy atom. The third-order valence-corrected chi connectivity index (χ3v) is 3.46. The summed E-state index contributed by atoms with van der Waals surface area (Å²) in [6.07, 6.45) is 1.88. The van der Waals surface area contributed by atoms with Crippen LogP contribution in [0.1, 0.15) is 44.0 Å². The topological polar surface area (TPSA) is 110 Å². The number of nitrogens with zero attached hydrogens (tertiary/aromatic N) is 1. The smallest absolute Gasteiger partial charge is 0.294 e. The third-order valence-electron chi connectivity index (χ3n) is 3.46. The fourth-order valence-corrected chi connectivity index (χ4v) is 2.16. The number of carbonyl (C=O) groups excluding carboxylic acids is 1. The highest BCUT2D eigenvalue weighted by atomic mass is 16.6. The van der Waals surface area contributed by atoms with Crippen molar-refractivity contribution in [3.8, 4) is 0 Å². The number of anilines is 1. The SMILES string of the molecule is CCC(C)CC(C)NC(=O)c1cccc([N+](=O)[O-])c1NN. The van der Waals surface area contributed by atoms with Crippen molar-refractivity contribution in [2.75, 3.05) is 5.43 Å². The largest absolute Gasteiger partial charge is 0.350 e. The van der Waals surface area contributed by atoms with Crippen molar-refractivity contribution in [3.05, 3.63) is 33.9 Å². The molecule has 0 spiro atoms. The monoisotopic (exact) mass is 294 g/mol. The van der Waals surface area contributed by atoms with Crippen molar-refractivity contribution in [1.82, 2.24) is 5.32 Å². The highest BCUT2D eigenvalue weighted by Crippen LogP contribution is 2.27. The van der Waals surface area contributed by atoms with Crippen LogP contribution < -0.4 is 16.6 Å². The van der Waals surface area contributed by atoms with Crippen LogP contribution >= 0.6 is 0 Å².